The third-order valence-electron chi connectivity index (χ3n) is 4.99. The molecule has 1 aromatic heterocycles. The van der Waals surface area contributed by atoms with Gasteiger partial charge in [0, 0.05) is 24.6 Å². The molecular weight excluding hydrogens is 421 g/mol. The third-order valence-corrected chi connectivity index (χ3v) is 4.99. The first-order valence-electron chi connectivity index (χ1n) is 11.1. The number of hydrogen-bond donors (Lipinski definition) is 0. The monoisotopic (exact) mass is 452 g/mol. The molecule has 0 aliphatic carbocycles. The Morgan fingerprint density at radius 3 is 2.19 bits per heavy atom. The molecule has 2 rings (SSSR count). The van der Waals surface area contributed by atoms with E-state index in [9.17, 15) is 18.0 Å². The molecule has 1 unspecified atom stereocenters. The van der Waals surface area contributed by atoms with Crippen molar-refractivity contribution in [1.82, 2.24) is 9.97 Å². The van der Waals surface area contributed by atoms with Crippen LogP contribution in [0.2, 0.25) is 0 Å². The minimum absolute atomic E-state index is 0.0131. The van der Waals surface area contributed by atoms with E-state index in [1.54, 1.807) is 31.5 Å². The van der Waals surface area contributed by atoms with Gasteiger partial charge in [-0.2, -0.15) is 13.2 Å². The summed E-state index contributed by atoms with van der Waals surface area (Å²) >= 11 is 0. The second-order valence-electron chi connectivity index (χ2n) is 7.61. The van der Waals surface area contributed by atoms with Crippen molar-refractivity contribution in [3.63, 3.8) is 0 Å². The predicted octanol–water partition coefficient (Wildman–Crippen LogP) is 6.17. The number of nitrogens with zero attached hydrogens (tertiary/aromatic N) is 2. The molecule has 8 heteroatoms. The summed E-state index contributed by atoms with van der Waals surface area (Å²) in [6.45, 7) is 3.13. The minimum Gasteiger partial charge on any atom is -0.447 e. The molecule has 0 amide bonds. The van der Waals surface area contributed by atoms with Crippen LogP contribution >= 0.6 is 0 Å². The maximum Gasteiger partial charge on any atom is 0.427 e. The lowest BCUT2D eigenvalue weighted by atomic mass is 10.1. The summed E-state index contributed by atoms with van der Waals surface area (Å²) in [4.78, 5) is 20.9. The molecule has 0 aliphatic heterocycles. The number of rotatable bonds is 13. The molecule has 0 aliphatic rings. The van der Waals surface area contributed by atoms with Crippen molar-refractivity contribution in [3.05, 3.63) is 47.8 Å². The summed E-state index contributed by atoms with van der Waals surface area (Å²) in [5, 5.41) is 0. The van der Waals surface area contributed by atoms with E-state index in [1.807, 2.05) is 0 Å². The highest BCUT2D eigenvalue weighted by Gasteiger charge is 2.43. The Hall–Kier alpha value is -2.48. The highest BCUT2D eigenvalue weighted by Crippen LogP contribution is 2.25. The number of hydrogen-bond acceptors (Lipinski definition) is 5. The highest BCUT2D eigenvalue weighted by atomic mass is 19.4. The minimum atomic E-state index is -4.70. The molecule has 5 nitrogen and oxygen atoms in total. The molecule has 32 heavy (non-hydrogen) atoms. The first-order chi connectivity index (χ1) is 15.3. The summed E-state index contributed by atoms with van der Waals surface area (Å²) in [7, 11) is 0. The second-order valence-corrected chi connectivity index (χ2v) is 7.61. The molecule has 1 atom stereocenters. The van der Waals surface area contributed by atoms with E-state index in [4.69, 9.17) is 4.74 Å². The van der Waals surface area contributed by atoms with Gasteiger partial charge in [-0.1, -0.05) is 51.2 Å². The third kappa shape index (κ3) is 8.57. The maximum absolute atomic E-state index is 13.0. The van der Waals surface area contributed by atoms with E-state index >= 15 is 0 Å². The van der Waals surface area contributed by atoms with Gasteiger partial charge in [0.25, 0.3) is 0 Å². The fraction of sp³-hybridized carbons (Fsp3) is 0.542. The van der Waals surface area contributed by atoms with Crippen LogP contribution in [0.3, 0.4) is 0 Å². The van der Waals surface area contributed by atoms with Crippen LogP contribution in [-0.4, -0.2) is 41.4 Å². The van der Waals surface area contributed by atoms with Crippen molar-refractivity contribution in [2.45, 2.75) is 71.1 Å². The topological polar surface area (TPSA) is 61.3 Å². The van der Waals surface area contributed by atoms with Gasteiger partial charge in [-0.05, 0) is 37.5 Å². The van der Waals surface area contributed by atoms with E-state index in [0.717, 1.165) is 18.4 Å². The van der Waals surface area contributed by atoms with Crippen molar-refractivity contribution in [2.24, 2.45) is 0 Å². The number of esters is 1. The normalized spacial score (nSPS) is 12.5. The van der Waals surface area contributed by atoms with Crippen LogP contribution in [0.4, 0.5) is 13.2 Å². The number of carbonyl (C=O) groups excluding carboxylic acids is 1. The number of benzene rings is 1. The Labute approximate surface area is 187 Å². The summed E-state index contributed by atoms with van der Waals surface area (Å²) in [6, 6.07) is 5.98. The van der Waals surface area contributed by atoms with Crippen molar-refractivity contribution < 1.29 is 27.4 Å². The van der Waals surface area contributed by atoms with E-state index in [1.165, 1.54) is 44.2 Å². The number of ether oxygens (including phenoxy) is 2. The zero-order valence-corrected chi connectivity index (χ0v) is 18.7. The summed E-state index contributed by atoms with van der Waals surface area (Å²) < 4.78 is 48.4. The molecule has 0 bridgehead atoms. The SMILES string of the molecule is CCCCCCCCc1cnc(-c2ccc(C(=O)OC(COCC)C(F)(F)F)cc2)nc1. The molecule has 0 saturated carbocycles. The Morgan fingerprint density at radius 2 is 1.59 bits per heavy atom. The standard InChI is InChI=1S/C24H31F3N2O3/c1-3-5-6-7-8-9-10-18-15-28-22(29-16-18)19-11-13-20(14-12-19)23(30)32-21(17-31-4-2)24(25,26)27/h11-16,21H,3-10,17H2,1-2H3. The first kappa shape index (κ1) is 25.8. The Kier molecular flexibility index (Phi) is 10.6. The van der Waals surface area contributed by atoms with Gasteiger partial charge in [0.15, 0.2) is 5.82 Å². The zero-order valence-electron chi connectivity index (χ0n) is 18.7. The molecule has 176 valence electrons. The number of unbranched alkanes of at least 4 members (excludes halogenated alkanes) is 5. The van der Waals surface area contributed by atoms with Crippen LogP contribution in [0.15, 0.2) is 36.7 Å². The summed E-state index contributed by atoms with van der Waals surface area (Å²) in [6.07, 6.45) is 4.84. The van der Waals surface area contributed by atoms with Crippen LogP contribution in [0, 0.1) is 0 Å². The Morgan fingerprint density at radius 1 is 0.969 bits per heavy atom. The molecule has 0 saturated heterocycles. The fourth-order valence-electron chi connectivity index (χ4n) is 3.12. The highest BCUT2D eigenvalue weighted by molar-refractivity contribution is 5.90. The predicted molar refractivity (Wildman–Crippen MR) is 116 cm³/mol. The van der Waals surface area contributed by atoms with E-state index in [-0.39, 0.29) is 12.2 Å². The van der Waals surface area contributed by atoms with Gasteiger partial charge in [-0.15, -0.1) is 0 Å². The molecule has 2 aromatic rings. The van der Waals surface area contributed by atoms with E-state index < -0.39 is 24.9 Å². The first-order valence-corrected chi connectivity index (χ1v) is 11.1. The molecule has 0 fully saturated rings. The maximum atomic E-state index is 13.0. The van der Waals surface area contributed by atoms with Gasteiger partial charge in [0.05, 0.1) is 12.2 Å². The summed E-state index contributed by atoms with van der Waals surface area (Å²) in [5.74, 6) is -0.574. The van der Waals surface area contributed by atoms with E-state index in [2.05, 4.69) is 21.6 Å². The van der Waals surface area contributed by atoms with E-state index in [0.29, 0.717) is 11.4 Å². The number of halogens is 3. The van der Waals surface area contributed by atoms with Crippen molar-refractivity contribution >= 4 is 5.97 Å². The quantitative estimate of drug-likeness (QED) is 0.269. The van der Waals surface area contributed by atoms with Crippen molar-refractivity contribution in [2.75, 3.05) is 13.2 Å². The molecule has 0 spiro atoms. The lowest BCUT2D eigenvalue weighted by Crippen LogP contribution is -2.37. The molecule has 1 heterocycles. The number of alkyl halides is 3. The lowest BCUT2D eigenvalue weighted by molar-refractivity contribution is -0.217. The molecular formula is C24H31F3N2O3. The van der Waals surface area contributed by atoms with Crippen molar-refractivity contribution in [1.29, 1.82) is 0 Å². The van der Waals surface area contributed by atoms with Crippen LogP contribution in [0.1, 0.15) is 68.3 Å². The number of aromatic nitrogens is 2. The number of aryl methyl sites for hydroxylation is 1. The Bertz CT molecular complexity index is 809. The number of carbonyl (C=O) groups is 1. The summed E-state index contributed by atoms with van der Waals surface area (Å²) in [5.41, 5.74) is 1.74. The van der Waals surface area contributed by atoms with Crippen LogP contribution in [0.5, 0.6) is 0 Å². The average Bonchev–Trinajstić information content (AvgIpc) is 2.78. The van der Waals surface area contributed by atoms with Gasteiger partial charge < -0.3 is 9.47 Å². The van der Waals surface area contributed by atoms with Crippen LogP contribution in [0.25, 0.3) is 11.4 Å². The Balaban J connectivity index is 1.91. The van der Waals surface area contributed by atoms with Crippen LogP contribution in [-0.2, 0) is 15.9 Å². The second kappa shape index (κ2) is 13.2. The van der Waals surface area contributed by atoms with Crippen LogP contribution < -0.4 is 0 Å². The zero-order chi connectivity index (χ0) is 23.4. The van der Waals surface area contributed by atoms with Crippen molar-refractivity contribution in [3.8, 4) is 11.4 Å². The molecule has 0 radical (unpaired) electrons. The van der Waals surface area contributed by atoms with Gasteiger partial charge in [0.1, 0.15) is 0 Å². The lowest BCUT2D eigenvalue weighted by Gasteiger charge is -2.20. The van der Waals surface area contributed by atoms with Gasteiger partial charge in [-0.3, -0.25) is 0 Å². The van der Waals surface area contributed by atoms with Gasteiger partial charge >= 0.3 is 12.1 Å². The fourth-order valence-corrected chi connectivity index (χ4v) is 3.12. The smallest absolute Gasteiger partial charge is 0.427 e. The molecule has 0 N–H and O–H groups in total. The average molecular weight is 453 g/mol. The molecule has 1 aromatic carbocycles. The van der Waals surface area contributed by atoms with Gasteiger partial charge in [0.2, 0.25) is 6.10 Å². The largest absolute Gasteiger partial charge is 0.447 e. The van der Waals surface area contributed by atoms with Gasteiger partial charge in [-0.25, -0.2) is 14.8 Å².